The summed E-state index contributed by atoms with van der Waals surface area (Å²) in [4.78, 5) is 42.8. The van der Waals surface area contributed by atoms with Crippen molar-refractivity contribution in [3.8, 4) is 0 Å². The predicted molar refractivity (Wildman–Crippen MR) is 129 cm³/mol. The van der Waals surface area contributed by atoms with E-state index in [0.29, 0.717) is 22.9 Å². The fourth-order valence-electron chi connectivity index (χ4n) is 3.87. The number of thiophene rings is 1. The second-order valence-electron chi connectivity index (χ2n) is 8.06. The van der Waals surface area contributed by atoms with Crippen molar-refractivity contribution in [3.05, 3.63) is 45.3 Å². The Morgan fingerprint density at radius 1 is 1.18 bits per heavy atom. The normalized spacial score (nSPS) is 15.2. The average Bonchev–Trinajstić information content (AvgIpc) is 3.36. The molecule has 1 aliphatic rings. The van der Waals surface area contributed by atoms with Gasteiger partial charge in [0.15, 0.2) is 6.61 Å². The van der Waals surface area contributed by atoms with E-state index in [2.05, 4.69) is 17.2 Å². The van der Waals surface area contributed by atoms with Crippen LogP contribution in [0.5, 0.6) is 0 Å². The van der Waals surface area contributed by atoms with Gasteiger partial charge in [-0.1, -0.05) is 19.1 Å². The monoisotopic (exact) mass is 486 g/mol. The Balaban J connectivity index is 1.33. The number of anilines is 1. The number of carbonyl (C=O) groups excluding carboxylic acids is 3. The van der Waals surface area contributed by atoms with E-state index in [-0.39, 0.29) is 13.0 Å². The zero-order valence-corrected chi connectivity index (χ0v) is 20.3. The number of amides is 1. The van der Waals surface area contributed by atoms with Gasteiger partial charge in [-0.15, -0.1) is 22.7 Å². The van der Waals surface area contributed by atoms with Crippen molar-refractivity contribution in [1.82, 2.24) is 4.98 Å². The Morgan fingerprint density at radius 2 is 2.00 bits per heavy atom. The quantitative estimate of drug-likeness (QED) is 0.461. The molecule has 174 valence electrons. The molecule has 1 aromatic carbocycles. The Hall–Kier alpha value is -2.78. The third kappa shape index (κ3) is 5.59. The van der Waals surface area contributed by atoms with Gasteiger partial charge >= 0.3 is 11.9 Å². The molecule has 3 aromatic rings. The van der Waals surface area contributed by atoms with Crippen molar-refractivity contribution in [2.45, 2.75) is 46.0 Å². The highest BCUT2D eigenvalue weighted by Crippen LogP contribution is 2.40. The summed E-state index contributed by atoms with van der Waals surface area (Å²) in [5.74, 6) is -0.825. The molecule has 2 heterocycles. The number of nitrogens with zero attached hydrogens (tertiary/aromatic N) is 1. The molecule has 0 unspecified atom stereocenters. The highest BCUT2D eigenvalue weighted by atomic mass is 32.1. The van der Waals surface area contributed by atoms with E-state index in [9.17, 15) is 14.4 Å². The number of nitrogens with one attached hydrogen (secondary N) is 1. The number of fused-ring (bicyclic) bond motifs is 2. The molecule has 0 aliphatic heterocycles. The van der Waals surface area contributed by atoms with E-state index in [1.54, 1.807) is 18.3 Å². The molecule has 0 spiro atoms. The summed E-state index contributed by atoms with van der Waals surface area (Å²) in [5, 5.41) is 4.09. The summed E-state index contributed by atoms with van der Waals surface area (Å²) >= 11 is 2.96. The van der Waals surface area contributed by atoms with Crippen molar-refractivity contribution >= 4 is 55.7 Å². The SMILES string of the molecule is CCOC(=O)c1c(NC(=O)COC(=O)CCc2nc3ccccc3s2)sc2c1CC[C@@H](C)C2. The number of aryl methyl sites for hydroxylation is 1. The summed E-state index contributed by atoms with van der Waals surface area (Å²) in [6, 6.07) is 7.81. The van der Waals surface area contributed by atoms with Crippen LogP contribution < -0.4 is 5.32 Å². The predicted octanol–water partition coefficient (Wildman–Crippen LogP) is 4.77. The summed E-state index contributed by atoms with van der Waals surface area (Å²) < 4.78 is 11.4. The zero-order chi connectivity index (χ0) is 23.4. The molecule has 7 nitrogen and oxygen atoms in total. The fourth-order valence-corrected chi connectivity index (χ4v) is 6.26. The number of para-hydroxylation sites is 1. The van der Waals surface area contributed by atoms with E-state index in [0.717, 1.165) is 44.9 Å². The molecule has 0 saturated carbocycles. The Morgan fingerprint density at radius 3 is 2.79 bits per heavy atom. The minimum atomic E-state index is -0.472. The molecule has 33 heavy (non-hydrogen) atoms. The second-order valence-corrected chi connectivity index (χ2v) is 10.3. The van der Waals surface area contributed by atoms with Crippen LogP contribution >= 0.6 is 22.7 Å². The Labute approximate surface area is 200 Å². The van der Waals surface area contributed by atoms with Crippen LogP contribution in [0.25, 0.3) is 10.2 Å². The van der Waals surface area contributed by atoms with E-state index in [1.807, 2.05) is 24.3 Å². The van der Waals surface area contributed by atoms with Crippen LogP contribution in [0, 0.1) is 5.92 Å². The van der Waals surface area contributed by atoms with Gasteiger partial charge in [-0.25, -0.2) is 9.78 Å². The van der Waals surface area contributed by atoms with Crippen LogP contribution in [0.15, 0.2) is 24.3 Å². The van der Waals surface area contributed by atoms with Gasteiger partial charge in [0, 0.05) is 11.3 Å². The van der Waals surface area contributed by atoms with Crippen LogP contribution in [-0.2, 0) is 38.3 Å². The Kier molecular flexibility index (Phi) is 7.39. The van der Waals surface area contributed by atoms with Gasteiger partial charge in [-0.05, 0) is 49.8 Å². The van der Waals surface area contributed by atoms with Crippen LogP contribution in [0.3, 0.4) is 0 Å². The van der Waals surface area contributed by atoms with E-state index in [1.165, 1.54) is 11.3 Å². The molecule has 0 bridgehead atoms. The standard InChI is InChI=1S/C24H26N2O5S2/c1-3-30-24(29)22-15-9-8-14(2)12-18(15)33-23(22)26-19(27)13-31-21(28)11-10-20-25-16-6-4-5-7-17(16)32-20/h4-7,14H,3,8-13H2,1-2H3,(H,26,27)/t14-/m1/s1. The molecule has 9 heteroatoms. The minimum Gasteiger partial charge on any atom is -0.462 e. The van der Waals surface area contributed by atoms with E-state index in [4.69, 9.17) is 9.47 Å². The van der Waals surface area contributed by atoms with Crippen LogP contribution in [-0.4, -0.2) is 36.0 Å². The first kappa shape index (κ1) is 23.4. The maximum Gasteiger partial charge on any atom is 0.341 e. The number of benzene rings is 1. The summed E-state index contributed by atoms with van der Waals surface area (Å²) in [6.07, 6.45) is 3.27. The highest BCUT2D eigenvalue weighted by molar-refractivity contribution is 7.18. The fraction of sp³-hybridized carbons (Fsp3) is 0.417. The Bertz CT molecular complexity index is 1150. The number of hydrogen-bond acceptors (Lipinski definition) is 8. The number of esters is 2. The van der Waals surface area contributed by atoms with Gasteiger partial charge in [0.05, 0.1) is 33.8 Å². The molecule has 0 saturated heterocycles. The third-order valence-corrected chi connectivity index (χ3v) is 7.76. The number of thiazole rings is 1. The smallest absolute Gasteiger partial charge is 0.341 e. The largest absolute Gasteiger partial charge is 0.462 e. The molecular weight excluding hydrogens is 460 g/mol. The lowest BCUT2D eigenvalue weighted by molar-refractivity contribution is -0.147. The van der Waals surface area contributed by atoms with Gasteiger partial charge < -0.3 is 14.8 Å². The van der Waals surface area contributed by atoms with Crippen molar-refractivity contribution in [2.24, 2.45) is 5.92 Å². The van der Waals surface area contributed by atoms with Crippen LogP contribution in [0.2, 0.25) is 0 Å². The van der Waals surface area contributed by atoms with Crippen molar-refractivity contribution in [2.75, 3.05) is 18.5 Å². The molecule has 1 N–H and O–H groups in total. The van der Waals surface area contributed by atoms with Gasteiger partial charge in [-0.3, -0.25) is 9.59 Å². The number of hydrogen-bond donors (Lipinski definition) is 1. The topological polar surface area (TPSA) is 94.6 Å². The second kappa shape index (κ2) is 10.4. The maximum atomic E-state index is 12.6. The lowest BCUT2D eigenvalue weighted by atomic mass is 9.88. The number of rotatable bonds is 8. The number of ether oxygens (including phenoxy) is 2. The first-order valence-electron chi connectivity index (χ1n) is 11.1. The molecule has 2 aromatic heterocycles. The summed E-state index contributed by atoms with van der Waals surface area (Å²) in [6.45, 7) is 3.79. The van der Waals surface area contributed by atoms with Crippen molar-refractivity contribution in [3.63, 3.8) is 0 Å². The van der Waals surface area contributed by atoms with Crippen LogP contribution in [0.4, 0.5) is 5.00 Å². The van der Waals surface area contributed by atoms with Gasteiger partial charge in [0.1, 0.15) is 5.00 Å². The molecule has 1 amide bonds. The van der Waals surface area contributed by atoms with Crippen molar-refractivity contribution < 1.29 is 23.9 Å². The number of carbonyl (C=O) groups is 3. The highest BCUT2D eigenvalue weighted by Gasteiger charge is 2.29. The molecule has 4 rings (SSSR count). The first-order valence-corrected chi connectivity index (χ1v) is 12.7. The van der Waals surface area contributed by atoms with E-state index < -0.39 is 24.5 Å². The summed E-state index contributed by atoms with van der Waals surface area (Å²) in [5.41, 5.74) is 2.33. The molecule has 1 atom stereocenters. The molecule has 0 fully saturated rings. The number of aromatic nitrogens is 1. The van der Waals surface area contributed by atoms with Gasteiger partial charge in [0.25, 0.3) is 5.91 Å². The third-order valence-electron chi connectivity index (χ3n) is 5.49. The lowest BCUT2D eigenvalue weighted by Gasteiger charge is -2.18. The van der Waals surface area contributed by atoms with Crippen molar-refractivity contribution in [1.29, 1.82) is 0 Å². The van der Waals surface area contributed by atoms with Gasteiger partial charge in [0.2, 0.25) is 0 Å². The van der Waals surface area contributed by atoms with E-state index >= 15 is 0 Å². The zero-order valence-electron chi connectivity index (χ0n) is 18.6. The van der Waals surface area contributed by atoms with Crippen LogP contribution in [0.1, 0.15) is 52.5 Å². The molecule has 0 radical (unpaired) electrons. The average molecular weight is 487 g/mol. The molecular formula is C24H26N2O5S2. The first-order chi connectivity index (χ1) is 15.9. The minimum absolute atomic E-state index is 0.145. The lowest BCUT2D eigenvalue weighted by Crippen LogP contribution is -2.22. The maximum absolute atomic E-state index is 12.6. The molecule has 1 aliphatic carbocycles. The summed E-state index contributed by atoms with van der Waals surface area (Å²) in [7, 11) is 0. The van der Waals surface area contributed by atoms with Gasteiger partial charge in [-0.2, -0.15) is 0 Å².